The number of benzene rings is 3. The van der Waals surface area contributed by atoms with Crippen molar-refractivity contribution < 1.29 is 19.1 Å². The Hall–Kier alpha value is -3.64. The minimum absolute atomic E-state index is 0.119. The van der Waals surface area contributed by atoms with Gasteiger partial charge in [-0.05, 0) is 42.3 Å². The highest BCUT2D eigenvalue weighted by molar-refractivity contribution is 6.31. The lowest BCUT2D eigenvalue weighted by molar-refractivity contribution is -0.147. The van der Waals surface area contributed by atoms with E-state index in [1.807, 2.05) is 43.3 Å². The van der Waals surface area contributed by atoms with Gasteiger partial charge in [0.15, 0.2) is 6.61 Å². The molecule has 1 unspecified atom stereocenters. The summed E-state index contributed by atoms with van der Waals surface area (Å²) in [5, 5.41) is 6.03. The van der Waals surface area contributed by atoms with Gasteiger partial charge in [0.05, 0.1) is 12.5 Å². The van der Waals surface area contributed by atoms with Crippen molar-refractivity contribution in [3.63, 3.8) is 0 Å². The fraction of sp³-hybridized carbons (Fsp3) is 0.160. The van der Waals surface area contributed by atoms with Gasteiger partial charge in [0.1, 0.15) is 0 Å². The molecule has 6 nitrogen and oxygen atoms in total. The molecule has 0 bridgehead atoms. The van der Waals surface area contributed by atoms with Crippen LogP contribution >= 0.6 is 11.6 Å². The monoisotopic (exact) mass is 450 g/mol. The van der Waals surface area contributed by atoms with Gasteiger partial charge in [0, 0.05) is 16.3 Å². The molecule has 2 N–H and O–H groups in total. The number of amides is 2. The number of ether oxygens (including phenoxy) is 1. The molecule has 0 aliphatic rings. The third kappa shape index (κ3) is 6.68. The number of halogens is 1. The van der Waals surface area contributed by atoms with E-state index in [9.17, 15) is 14.4 Å². The Morgan fingerprint density at radius 3 is 2.28 bits per heavy atom. The first kappa shape index (κ1) is 23.0. The van der Waals surface area contributed by atoms with Crippen LogP contribution in [0.25, 0.3) is 0 Å². The zero-order valence-electron chi connectivity index (χ0n) is 17.5. The van der Waals surface area contributed by atoms with Crippen LogP contribution < -0.4 is 10.6 Å². The number of rotatable bonds is 8. The summed E-state index contributed by atoms with van der Waals surface area (Å²) < 4.78 is 5.15. The van der Waals surface area contributed by atoms with E-state index in [2.05, 4.69) is 10.6 Å². The maximum Gasteiger partial charge on any atom is 0.308 e. The molecule has 3 aromatic carbocycles. The van der Waals surface area contributed by atoms with E-state index in [0.717, 1.165) is 11.1 Å². The molecule has 164 valence electrons. The number of hydrogen-bond acceptors (Lipinski definition) is 4. The molecule has 7 heteroatoms. The van der Waals surface area contributed by atoms with Crippen LogP contribution in [0.1, 0.15) is 33.9 Å². The molecule has 3 rings (SSSR count). The summed E-state index contributed by atoms with van der Waals surface area (Å²) in [6, 6.07) is 22.4. The Labute approximate surface area is 191 Å². The molecular weight excluding hydrogens is 428 g/mol. The maximum absolute atomic E-state index is 12.6. The van der Waals surface area contributed by atoms with Gasteiger partial charge in [-0.25, -0.2) is 0 Å². The molecule has 0 saturated heterocycles. The molecule has 0 aliphatic heterocycles. The van der Waals surface area contributed by atoms with E-state index < -0.39 is 24.5 Å². The Morgan fingerprint density at radius 1 is 0.938 bits per heavy atom. The second-order valence-electron chi connectivity index (χ2n) is 7.17. The van der Waals surface area contributed by atoms with Gasteiger partial charge < -0.3 is 15.4 Å². The molecule has 0 saturated carbocycles. The zero-order chi connectivity index (χ0) is 22.9. The topological polar surface area (TPSA) is 84.5 Å². The van der Waals surface area contributed by atoms with Crippen LogP contribution in [0.15, 0.2) is 78.9 Å². The minimum Gasteiger partial charge on any atom is -0.455 e. The highest BCUT2D eigenvalue weighted by atomic mass is 35.5. The molecule has 2 amide bonds. The van der Waals surface area contributed by atoms with Crippen molar-refractivity contribution in [3.05, 3.63) is 101 Å². The summed E-state index contributed by atoms with van der Waals surface area (Å²) in [7, 11) is 0. The smallest absolute Gasteiger partial charge is 0.308 e. The van der Waals surface area contributed by atoms with Gasteiger partial charge in [-0.15, -0.1) is 0 Å². The normalized spacial score (nSPS) is 11.3. The number of carbonyl (C=O) groups excluding carboxylic acids is 3. The van der Waals surface area contributed by atoms with Crippen molar-refractivity contribution in [2.24, 2.45) is 0 Å². The predicted octanol–water partition coefficient (Wildman–Crippen LogP) is 4.69. The third-order valence-corrected chi connectivity index (χ3v) is 4.99. The summed E-state index contributed by atoms with van der Waals surface area (Å²) in [6.07, 6.45) is -0.119. The van der Waals surface area contributed by atoms with Crippen LogP contribution in [0.2, 0.25) is 5.02 Å². The highest BCUT2D eigenvalue weighted by Crippen LogP contribution is 2.21. The second kappa shape index (κ2) is 11.1. The van der Waals surface area contributed by atoms with Gasteiger partial charge in [-0.2, -0.15) is 0 Å². The summed E-state index contributed by atoms with van der Waals surface area (Å²) >= 11 is 5.96. The zero-order valence-corrected chi connectivity index (χ0v) is 18.3. The largest absolute Gasteiger partial charge is 0.455 e. The third-order valence-electron chi connectivity index (χ3n) is 4.75. The summed E-state index contributed by atoms with van der Waals surface area (Å²) in [6.45, 7) is 1.39. The van der Waals surface area contributed by atoms with Gasteiger partial charge in [-0.3, -0.25) is 14.4 Å². The average Bonchev–Trinajstić information content (AvgIpc) is 2.81. The van der Waals surface area contributed by atoms with Crippen molar-refractivity contribution >= 4 is 35.1 Å². The van der Waals surface area contributed by atoms with Crippen LogP contribution in [0.3, 0.4) is 0 Å². The molecule has 32 heavy (non-hydrogen) atoms. The fourth-order valence-corrected chi connectivity index (χ4v) is 3.23. The van der Waals surface area contributed by atoms with Crippen LogP contribution in [-0.2, 0) is 14.3 Å². The van der Waals surface area contributed by atoms with Crippen LogP contribution in [0.4, 0.5) is 5.69 Å². The summed E-state index contributed by atoms with van der Waals surface area (Å²) in [5.74, 6) is -1.39. The number of carbonyl (C=O) groups is 3. The number of hydrogen-bond donors (Lipinski definition) is 2. The van der Waals surface area contributed by atoms with Crippen molar-refractivity contribution in [3.8, 4) is 0 Å². The van der Waals surface area contributed by atoms with Crippen LogP contribution in [0, 0.1) is 6.92 Å². The molecule has 0 aliphatic carbocycles. The van der Waals surface area contributed by atoms with E-state index >= 15 is 0 Å². The minimum atomic E-state index is -0.606. The van der Waals surface area contributed by atoms with Gasteiger partial charge >= 0.3 is 5.97 Å². The molecule has 0 radical (unpaired) electrons. The Kier molecular flexibility index (Phi) is 8.00. The van der Waals surface area contributed by atoms with Gasteiger partial charge in [-0.1, -0.05) is 66.2 Å². The number of aryl methyl sites for hydroxylation is 1. The lowest BCUT2D eigenvalue weighted by Crippen LogP contribution is -2.31. The lowest BCUT2D eigenvalue weighted by Gasteiger charge is -2.19. The highest BCUT2D eigenvalue weighted by Gasteiger charge is 2.21. The summed E-state index contributed by atoms with van der Waals surface area (Å²) in [5.41, 5.74) is 2.63. The standard InChI is InChI=1S/C25H23ClN2O4/c1-17-12-13-20(26)14-21(17)27-23(29)16-32-24(30)15-22(18-8-4-2-5-9-18)28-25(31)19-10-6-3-7-11-19/h2-14,22H,15-16H2,1H3,(H,27,29)(H,28,31). The molecule has 0 fully saturated rings. The second-order valence-corrected chi connectivity index (χ2v) is 7.61. The first-order chi connectivity index (χ1) is 15.4. The number of nitrogens with one attached hydrogen (secondary N) is 2. The molecule has 0 aromatic heterocycles. The van der Waals surface area contributed by atoms with Gasteiger partial charge in [0.2, 0.25) is 0 Å². The van der Waals surface area contributed by atoms with Crippen molar-refractivity contribution in [1.29, 1.82) is 0 Å². The average molecular weight is 451 g/mol. The van der Waals surface area contributed by atoms with Crippen molar-refractivity contribution in [2.45, 2.75) is 19.4 Å². The van der Waals surface area contributed by atoms with E-state index in [1.165, 1.54) is 0 Å². The summed E-state index contributed by atoms with van der Waals surface area (Å²) in [4.78, 5) is 37.2. The van der Waals surface area contributed by atoms with E-state index in [4.69, 9.17) is 16.3 Å². The Morgan fingerprint density at radius 2 is 1.59 bits per heavy atom. The maximum atomic E-state index is 12.6. The van der Waals surface area contributed by atoms with E-state index in [0.29, 0.717) is 16.3 Å². The molecule has 0 heterocycles. The first-order valence-electron chi connectivity index (χ1n) is 10.0. The molecular formula is C25H23ClN2O4. The quantitative estimate of drug-likeness (QED) is 0.487. The molecule has 1 atom stereocenters. The number of esters is 1. The van der Waals surface area contributed by atoms with E-state index in [-0.39, 0.29) is 12.3 Å². The van der Waals surface area contributed by atoms with E-state index in [1.54, 1.807) is 42.5 Å². The van der Waals surface area contributed by atoms with Crippen LogP contribution in [-0.4, -0.2) is 24.4 Å². The lowest BCUT2D eigenvalue weighted by atomic mass is 10.0. The van der Waals surface area contributed by atoms with Crippen molar-refractivity contribution in [1.82, 2.24) is 5.32 Å². The van der Waals surface area contributed by atoms with Gasteiger partial charge in [0.25, 0.3) is 11.8 Å². The molecule has 3 aromatic rings. The SMILES string of the molecule is Cc1ccc(Cl)cc1NC(=O)COC(=O)CC(NC(=O)c1ccccc1)c1ccccc1. The molecule has 0 spiro atoms. The first-order valence-corrected chi connectivity index (χ1v) is 10.4. The predicted molar refractivity (Wildman–Crippen MR) is 123 cm³/mol. The van der Waals surface area contributed by atoms with Crippen molar-refractivity contribution in [2.75, 3.05) is 11.9 Å². The van der Waals surface area contributed by atoms with Crippen LogP contribution in [0.5, 0.6) is 0 Å². The Bertz CT molecular complexity index is 1090. The Balaban J connectivity index is 1.60. The number of anilines is 1. The fourth-order valence-electron chi connectivity index (χ4n) is 3.06.